The predicted octanol–water partition coefficient (Wildman–Crippen LogP) is 0.601. The van der Waals surface area contributed by atoms with Crippen LogP contribution in [0.3, 0.4) is 0 Å². The van der Waals surface area contributed by atoms with Gasteiger partial charge in [0, 0.05) is 47.3 Å². The van der Waals surface area contributed by atoms with Crippen molar-refractivity contribution in [1.29, 1.82) is 0 Å². The van der Waals surface area contributed by atoms with Crippen molar-refractivity contribution in [2.24, 2.45) is 0 Å². The number of rotatable bonds is 5. The van der Waals surface area contributed by atoms with Gasteiger partial charge in [0.05, 0.1) is 6.54 Å². The highest BCUT2D eigenvalue weighted by Crippen LogP contribution is 2.23. The van der Waals surface area contributed by atoms with Crippen molar-refractivity contribution in [2.75, 3.05) is 31.6 Å². The van der Waals surface area contributed by atoms with Crippen molar-refractivity contribution in [2.45, 2.75) is 13.0 Å². The molecule has 1 atom stereocenters. The summed E-state index contributed by atoms with van der Waals surface area (Å²) in [6, 6.07) is 2.10. The molecule has 1 N–H and O–H groups in total. The molecule has 0 fully saturated rings. The third-order valence-electron chi connectivity index (χ3n) is 3.00. The third kappa shape index (κ3) is 3.63. The maximum atomic E-state index is 12.0. The number of carbonyl (C=O) groups excluding carboxylic acids is 1. The summed E-state index contributed by atoms with van der Waals surface area (Å²) < 4.78 is 10.9. The molecule has 100 valence electrons. The van der Waals surface area contributed by atoms with Crippen molar-refractivity contribution in [3.63, 3.8) is 0 Å². The first-order chi connectivity index (χ1) is 8.66. The molecule has 0 spiro atoms. The summed E-state index contributed by atoms with van der Waals surface area (Å²) in [4.78, 5) is 15.3. The van der Waals surface area contributed by atoms with Crippen molar-refractivity contribution < 1.29 is 9.00 Å². The molecule has 0 radical (unpaired) electrons. The average Bonchev–Trinajstić information content (AvgIpc) is 2.81. The zero-order valence-corrected chi connectivity index (χ0v) is 12.1. The molecule has 1 aliphatic heterocycles. The largest absolute Gasteiger partial charge is 0.337 e. The van der Waals surface area contributed by atoms with Gasteiger partial charge in [0.25, 0.3) is 0 Å². The van der Waals surface area contributed by atoms with Gasteiger partial charge in [-0.1, -0.05) is 0 Å². The van der Waals surface area contributed by atoms with Crippen LogP contribution in [0.4, 0.5) is 0 Å². The van der Waals surface area contributed by atoms with E-state index in [0.717, 1.165) is 19.5 Å². The number of thiophene rings is 1. The molecule has 4 nitrogen and oxygen atoms in total. The monoisotopic (exact) mass is 286 g/mol. The molecule has 6 heteroatoms. The molecular formula is C12H18N2O2S2. The maximum Gasteiger partial charge on any atom is 0.236 e. The van der Waals surface area contributed by atoms with E-state index < -0.39 is 10.8 Å². The highest BCUT2D eigenvalue weighted by molar-refractivity contribution is 7.84. The molecule has 1 aliphatic rings. The van der Waals surface area contributed by atoms with E-state index in [0.29, 0.717) is 18.8 Å². The minimum absolute atomic E-state index is 0.133. The van der Waals surface area contributed by atoms with Gasteiger partial charge in [0.15, 0.2) is 0 Å². The van der Waals surface area contributed by atoms with Gasteiger partial charge < -0.3 is 10.2 Å². The Morgan fingerprint density at radius 2 is 2.44 bits per heavy atom. The Labute approximate surface area is 114 Å². The van der Waals surface area contributed by atoms with Gasteiger partial charge in [-0.05, 0) is 23.4 Å². The van der Waals surface area contributed by atoms with E-state index in [2.05, 4.69) is 16.8 Å². The van der Waals surface area contributed by atoms with Gasteiger partial charge in [0.1, 0.15) is 0 Å². The Bertz CT molecular complexity index is 445. The smallest absolute Gasteiger partial charge is 0.236 e. The zero-order chi connectivity index (χ0) is 13.0. The summed E-state index contributed by atoms with van der Waals surface area (Å²) in [5.74, 6) is 0.732. The van der Waals surface area contributed by atoms with E-state index in [4.69, 9.17) is 0 Å². The molecule has 1 aromatic heterocycles. The number of carbonyl (C=O) groups is 1. The molecule has 0 aromatic carbocycles. The Morgan fingerprint density at radius 1 is 1.61 bits per heavy atom. The molecule has 0 aliphatic carbocycles. The Balaban J connectivity index is 1.75. The minimum atomic E-state index is -0.795. The Hall–Kier alpha value is -0.720. The molecule has 1 aromatic rings. The van der Waals surface area contributed by atoms with Crippen LogP contribution < -0.4 is 5.32 Å². The summed E-state index contributed by atoms with van der Waals surface area (Å²) in [5.41, 5.74) is 1.29. The zero-order valence-electron chi connectivity index (χ0n) is 10.5. The number of fused-ring (bicyclic) bond motifs is 1. The quantitative estimate of drug-likeness (QED) is 0.807. The SMILES string of the molecule is CS(=O)CCNCC(=O)N1CCc2sccc2C1. The van der Waals surface area contributed by atoms with E-state index in [1.807, 2.05) is 4.90 Å². The van der Waals surface area contributed by atoms with Gasteiger partial charge in [-0.25, -0.2) is 0 Å². The highest BCUT2D eigenvalue weighted by Gasteiger charge is 2.20. The normalized spacial score (nSPS) is 16.4. The Morgan fingerprint density at radius 3 is 3.22 bits per heavy atom. The van der Waals surface area contributed by atoms with Crippen LogP contribution in [0, 0.1) is 0 Å². The molecule has 0 bridgehead atoms. The van der Waals surface area contributed by atoms with Crippen molar-refractivity contribution in [3.8, 4) is 0 Å². The van der Waals surface area contributed by atoms with E-state index in [-0.39, 0.29) is 5.91 Å². The van der Waals surface area contributed by atoms with E-state index in [1.165, 1.54) is 10.4 Å². The van der Waals surface area contributed by atoms with Gasteiger partial charge in [-0.15, -0.1) is 11.3 Å². The molecule has 1 amide bonds. The van der Waals surface area contributed by atoms with Crippen LogP contribution in [-0.2, 0) is 28.6 Å². The maximum absolute atomic E-state index is 12.0. The van der Waals surface area contributed by atoms with Crippen molar-refractivity contribution in [1.82, 2.24) is 10.2 Å². The van der Waals surface area contributed by atoms with Crippen molar-refractivity contribution >= 4 is 28.0 Å². The van der Waals surface area contributed by atoms with Gasteiger partial charge in [0.2, 0.25) is 5.91 Å². The average molecular weight is 286 g/mol. The fourth-order valence-corrected chi connectivity index (χ4v) is 3.31. The summed E-state index contributed by atoms with van der Waals surface area (Å²) in [5, 5.41) is 5.14. The number of nitrogens with zero attached hydrogens (tertiary/aromatic N) is 1. The lowest BCUT2D eigenvalue weighted by Gasteiger charge is -2.27. The lowest BCUT2D eigenvalue weighted by molar-refractivity contribution is -0.131. The minimum Gasteiger partial charge on any atom is -0.337 e. The topological polar surface area (TPSA) is 49.4 Å². The van der Waals surface area contributed by atoms with Gasteiger partial charge in [-0.3, -0.25) is 9.00 Å². The van der Waals surface area contributed by atoms with Crippen LogP contribution in [0.15, 0.2) is 11.4 Å². The fourth-order valence-electron chi connectivity index (χ4n) is 1.98. The van der Waals surface area contributed by atoms with Crippen LogP contribution in [0.1, 0.15) is 10.4 Å². The summed E-state index contributed by atoms with van der Waals surface area (Å²) in [6.45, 7) is 2.52. The van der Waals surface area contributed by atoms with Crippen molar-refractivity contribution in [3.05, 3.63) is 21.9 Å². The molecule has 2 rings (SSSR count). The Kier molecular flexibility index (Phi) is 4.91. The van der Waals surface area contributed by atoms with E-state index in [1.54, 1.807) is 17.6 Å². The second kappa shape index (κ2) is 6.45. The second-order valence-corrected chi connectivity index (χ2v) is 6.94. The number of amides is 1. The molecule has 1 unspecified atom stereocenters. The molecule has 2 heterocycles. The third-order valence-corrected chi connectivity index (χ3v) is 4.80. The number of hydrogen-bond acceptors (Lipinski definition) is 4. The highest BCUT2D eigenvalue weighted by atomic mass is 32.2. The van der Waals surface area contributed by atoms with Crippen LogP contribution in [0.2, 0.25) is 0 Å². The first kappa shape index (κ1) is 13.7. The number of hydrogen-bond donors (Lipinski definition) is 1. The lowest BCUT2D eigenvalue weighted by atomic mass is 10.1. The van der Waals surface area contributed by atoms with Crippen LogP contribution in [-0.4, -0.2) is 46.7 Å². The summed E-state index contributed by atoms with van der Waals surface area (Å²) in [7, 11) is -0.795. The fraction of sp³-hybridized carbons (Fsp3) is 0.583. The van der Waals surface area contributed by atoms with E-state index in [9.17, 15) is 9.00 Å². The van der Waals surface area contributed by atoms with Gasteiger partial charge >= 0.3 is 0 Å². The molecule has 0 saturated heterocycles. The summed E-state index contributed by atoms with van der Waals surface area (Å²) >= 11 is 1.78. The predicted molar refractivity (Wildman–Crippen MR) is 75.2 cm³/mol. The second-order valence-electron chi connectivity index (χ2n) is 4.39. The molecule has 0 saturated carbocycles. The lowest BCUT2D eigenvalue weighted by Crippen LogP contribution is -2.41. The standard InChI is InChI=1S/C12H18N2O2S2/c1-18(16)7-4-13-8-12(15)14-5-2-11-10(9-14)3-6-17-11/h3,6,13H,2,4-5,7-9H2,1H3. The molecule has 18 heavy (non-hydrogen) atoms. The van der Waals surface area contributed by atoms with Crippen LogP contribution in [0.5, 0.6) is 0 Å². The van der Waals surface area contributed by atoms with E-state index >= 15 is 0 Å². The van der Waals surface area contributed by atoms with Crippen LogP contribution in [0.25, 0.3) is 0 Å². The summed E-state index contributed by atoms with van der Waals surface area (Å²) in [6.07, 6.45) is 2.64. The van der Waals surface area contributed by atoms with Crippen LogP contribution >= 0.6 is 11.3 Å². The first-order valence-corrected chi connectivity index (χ1v) is 8.61. The van der Waals surface area contributed by atoms with Gasteiger partial charge in [-0.2, -0.15) is 0 Å². The number of nitrogens with one attached hydrogen (secondary N) is 1. The molecular weight excluding hydrogens is 268 g/mol. The first-order valence-electron chi connectivity index (χ1n) is 6.00.